The summed E-state index contributed by atoms with van der Waals surface area (Å²) in [5.74, 6) is -1.04. The molecule has 1 saturated carbocycles. The number of carbonyl (C=O) groups is 3. The van der Waals surface area contributed by atoms with E-state index in [2.05, 4.69) is 10.3 Å². The molecule has 0 saturated heterocycles. The Morgan fingerprint density at radius 3 is 2.49 bits per heavy atom. The summed E-state index contributed by atoms with van der Waals surface area (Å²) in [6.45, 7) is 5.88. The lowest BCUT2D eigenvalue weighted by atomic mass is 10.1. The van der Waals surface area contributed by atoms with Crippen LogP contribution in [0.1, 0.15) is 49.0 Å². The average molecular weight is 497 g/mol. The molecule has 184 valence electrons. The first kappa shape index (κ1) is 24.9. The Morgan fingerprint density at radius 2 is 1.83 bits per heavy atom. The molecule has 4 rings (SSSR count). The summed E-state index contributed by atoms with van der Waals surface area (Å²) in [6.07, 6.45) is 1.89. The van der Waals surface area contributed by atoms with Gasteiger partial charge in [-0.3, -0.25) is 14.4 Å². The standard InChI is InChI=1S/C26H29FN4O3S/c1-3-30(4-2)26-29-24(33)22(35-26)15-23(32)28-20-7-5-6-18(14-20)25(34)31(21-12-13-21)16-17-8-10-19(27)11-9-17/h5-11,14,21-22H,3-4,12-13,15-16H2,1-2H3,(H,28,32)/t22-/m1/s1. The van der Waals surface area contributed by atoms with E-state index in [1.165, 1.54) is 23.9 Å². The van der Waals surface area contributed by atoms with Crippen molar-refractivity contribution in [3.63, 3.8) is 0 Å². The van der Waals surface area contributed by atoms with Crippen LogP contribution in [0.4, 0.5) is 10.1 Å². The molecule has 0 radical (unpaired) electrons. The Bertz CT molecular complexity index is 1130. The van der Waals surface area contributed by atoms with Gasteiger partial charge in [-0.15, -0.1) is 0 Å². The lowest BCUT2D eigenvalue weighted by Crippen LogP contribution is -2.32. The largest absolute Gasteiger partial charge is 0.352 e. The smallest absolute Gasteiger partial charge is 0.262 e. The molecule has 2 aromatic rings. The van der Waals surface area contributed by atoms with Gasteiger partial charge in [0.15, 0.2) is 5.17 Å². The molecular formula is C26H29FN4O3S. The summed E-state index contributed by atoms with van der Waals surface area (Å²) in [6, 6.07) is 13.1. The highest BCUT2D eigenvalue weighted by Crippen LogP contribution is 2.31. The molecule has 35 heavy (non-hydrogen) atoms. The number of amidine groups is 1. The van der Waals surface area contributed by atoms with Crippen LogP contribution in [0, 0.1) is 5.82 Å². The Kier molecular flexibility index (Phi) is 7.85. The van der Waals surface area contributed by atoms with E-state index in [0.29, 0.717) is 23.0 Å². The van der Waals surface area contributed by atoms with Crippen LogP contribution < -0.4 is 5.32 Å². The monoisotopic (exact) mass is 496 g/mol. The van der Waals surface area contributed by atoms with Crippen molar-refractivity contribution in [2.45, 2.75) is 50.9 Å². The van der Waals surface area contributed by atoms with E-state index in [-0.39, 0.29) is 36.0 Å². The third-order valence-corrected chi connectivity index (χ3v) is 7.25. The van der Waals surface area contributed by atoms with Crippen molar-refractivity contribution in [2.75, 3.05) is 18.4 Å². The van der Waals surface area contributed by atoms with Gasteiger partial charge in [-0.2, -0.15) is 4.99 Å². The predicted octanol–water partition coefficient (Wildman–Crippen LogP) is 4.30. The summed E-state index contributed by atoms with van der Waals surface area (Å²) in [5, 5.41) is 2.93. The third-order valence-electron chi connectivity index (χ3n) is 6.04. The van der Waals surface area contributed by atoms with Crippen molar-refractivity contribution in [2.24, 2.45) is 4.99 Å². The van der Waals surface area contributed by atoms with Gasteiger partial charge in [-0.05, 0) is 62.6 Å². The second kappa shape index (κ2) is 11.0. The van der Waals surface area contributed by atoms with Crippen LogP contribution >= 0.6 is 11.8 Å². The molecule has 0 aromatic heterocycles. The van der Waals surface area contributed by atoms with E-state index in [9.17, 15) is 18.8 Å². The summed E-state index contributed by atoms with van der Waals surface area (Å²) < 4.78 is 13.3. The van der Waals surface area contributed by atoms with Crippen molar-refractivity contribution >= 4 is 40.3 Å². The summed E-state index contributed by atoms with van der Waals surface area (Å²) in [4.78, 5) is 46.1. The Hall–Kier alpha value is -3.20. The zero-order valence-electron chi connectivity index (χ0n) is 19.9. The number of hydrogen-bond donors (Lipinski definition) is 1. The van der Waals surface area contributed by atoms with E-state index >= 15 is 0 Å². The molecule has 1 atom stereocenters. The number of nitrogens with zero attached hydrogens (tertiary/aromatic N) is 3. The fourth-order valence-corrected chi connectivity index (χ4v) is 5.15. The maximum Gasteiger partial charge on any atom is 0.262 e. The summed E-state index contributed by atoms with van der Waals surface area (Å²) in [5.41, 5.74) is 1.83. The summed E-state index contributed by atoms with van der Waals surface area (Å²) >= 11 is 1.32. The molecule has 3 amide bonds. The lowest BCUT2D eigenvalue weighted by Gasteiger charge is -2.23. The van der Waals surface area contributed by atoms with E-state index < -0.39 is 5.25 Å². The third kappa shape index (κ3) is 6.28. The van der Waals surface area contributed by atoms with Gasteiger partial charge in [-0.25, -0.2) is 4.39 Å². The van der Waals surface area contributed by atoms with Crippen LogP contribution in [-0.2, 0) is 16.1 Å². The van der Waals surface area contributed by atoms with Crippen LogP contribution in [0.5, 0.6) is 0 Å². The number of thioether (sulfide) groups is 1. The van der Waals surface area contributed by atoms with Crippen molar-refractivity contribution in [3.8, 4) is 0 Å². The fourth-order valence-electron chi connectivity index (χ4n) is 3.95. The maximum absolute atomic E-state index is 13.3. The minimum atomic E-state index is -0.545. The molecule has 0 bridgehead atoms. The molecule has 0 spiro atoms. The van der Waals surface area contributed by atoms with Gasteiger partial charge in [0.05, 0.1) is 0 Å². The second-order valence-electron chi connectivity index (χ2n) is 8.64. The first-order valence-corrected chi connectivity index (χ1v) is 12.7. The number of nitrogens with one attached hydrogen (secondary N) is 1. The van der Waals surface area contributed by atoms with Gasteiger partial charge in [-0.1, -0.05) is 30.0 Å². The average Bonchev–Trinajstić information content (AvgIpc) is 3.63. The highest BCUT2D eigenvalue weighted by Gasteiger charge is 2.34. The topological polar surface area (TPSA) is 82.1 Å². The Balaban J connectivity index is 1.38. The quantitative estimate of drug-likeness (QED) is 0.560. The predicted molar refractivity (Wildman–Crippen MR) is 136 cm³/mol. The van der Waals surface area contributed by atoms with E-state index in [4.69, 9.17) is 0 Å². The number of rotatable bonds is 9. The molecule has 2 aliphatic rings. The fraction of sp³-hybridized carbons (Fsp3) is 0.385. The van der Waals surface area contributed by atoms with Crippen LogP contribution in [0.15, 0.2) is 53.5 Å². The number of aliphatic imine (C=N–C) groups is 1. The van der Waals surface area contributed by atoms with Gasteiger partial charge in [0, 0.05) is 43.3 Å². The summed E-state index contributed by atoms with van der Waals surface area (Å²) in [7, 11) is 0. The van der Waals surface area contributed by atoms with Crippen molar-refractivity contribution in [3.05, 3.63) is 65.5 Å². The first-order chi connectivity index (χ1) is 16.9. The van der Waals surface area contributed by atoms with Gasteiger partial charge in [0.25, 0.3) is 11.8 Å². The van der Waals surface area contributed by atoms with Gasteiger partial charge >= 0.3 is 0 Å². The molecule has 9 heteroatoms. The molecule has 7 nitrogen and oxygen atoms in total. The van der Waals surface area contributed by atoms with E-state index in [1.54, 1.807) is 41.3 Å². The van der Waals surface area contributed by atoms with Gasteiger partial charge in [0.1, 0.15) is 11.1 Å². The highest BCUT2D eigenvalue weighted by molar-refractivity contribution is 8.15. The minimum absolute atomic E-state index is 0.00864. The maximum atomic E-state index is 13.3. The molecular weight excluding hydrogens is 467 g/mol. The van der Waals surface area contributed by atoms with E-state index in [1.807, 2.05) is 18.7 Å². The molecule has 1 N–H and O–H groups in total. The molecule has 1 heterocycles. The molecule has 1 fully saturated rings. The number of benzene rings is 2. The molecule has 1 aliphatic heterocycles. The zero-order valence-corrected chi connectivity index (χ0v) is 20.7. The van der Waals surface area contributed by atoms with Gasteiger partial charge in [0.2, 0.25) is 5.91 Å². The van der Waals surface area contributed by atoms with Crippen LogP contribution in [0.3, 0.4) is 0 Å². The Labute approximate surface area is 208 Å². The normalized spacial score (nSPS) is 17.2. The molecule has 0 unspecified atom stereocenters. The lowest BCUT2D eigenvalue weighted by molar-refractivity contribution is -0.121. The zero-order chi connectivity index (χ0) is 24.9. The molecule has 1 aliphatic carbocycles. The van der Waals surface area contributed by atoms with E-state index in [0.717, 1.165) is 31.5 Å². The van der Waals surface area contributed by atoms with Crippen molar-refractivity contribution < 1.29 is 18.8 Å². The van der Waals surface area contributed by atoms with Gasteiger partial charge < -0.3 is 15.1 Å². The molecule has 2 aromatic carbocycles. The van der Waals surface area contributed by atoms with Crippen LogP contribution in [0.2, 0.25) is 0 Å². The number of hydrogen-bond acceptors (Lipinski definition) is 5. The Morgan fingerprint density at radius 1 is 1.11 bits per heavy atom. The number of halogens is 1. The van der Waals surface area contributed by atoms with Crippen LogP contribution in [-0.4, -0.2) is 57.1 Å². The second-order valence-corrected chi connectivity index (χ2v) is 9.81. The number of amides is 3. The number of anilines is 1. The first-order valence-electron chi connectivity index (χ1n) is 11.9. The minimum Gasteiger partial charge on any atom is -0.352 e. The van der Waals surface area contributed by atoms with Crippen molar-refractivity contribution in [1.29, 1.82) is 0 Å². The highest BCUT2D eigenvalue weighted by atomic mass is 32.2. The van der Waals surface area contributed by atoms with Crippen LogP contribution in [0.25, 0.3) is 0 Å². The number of carbonyl (C=O) groups excluding carboxylic acids is 3. The van der Waals surface area contributed by atoms with Crippen molar-refractivity contribution in [1.82, 2.24) is 9.80 Å². The SMILES string of the molecule is CCN(CC)C1=NC(=O)[C@@H](CC(=O)Nc2cccc(C(=O)N(Cc3ccc(F)cc3)C3CC3)c2)S1.